The van der Waals surface area contributed by atoms with E-state index >= 15 is 0 Å². The van der Waals surface area contributed by atoms with E-state index in [9.17, 15) is 4.57 Å². The number of hydrogen-bond acceptors (Lipinski definition) is 3. The lowest BCUT2D eigenvalue weighted by Crippen LogP contribution is -1.89. The van der Waals surface area contributed by atoms with Crippen LogP contribution < -0.4 is 0 Å². The van der Waals surface area contributed by atoms with Crippen molar-refractivity contribution in [2.75, 3.05) is 13.2 Å². The highest BCUT2D eigenvalue weighted by atomic mass is 31.2. The minimum Gasteiger partial charge on any atom is -0.302 e. The van der Waals surface area contributed by atoms with Gasteiger partial charge in [-0.15, -0.1) is 0 Å². The molecule has 3 radical (unpaired) electrons. The third-order valence-electron chi connectivity index (χ3n) is 1.05. The Bertz CT molecular complexity index is 128. The molecule has 0 bridgehead atoms. The van der Waals surface area contributed by atoms with Crippen molar-refractivity contribution in [2.45, 2.75) is 20.3 Å². The molecule has 1 fully saturated rings. The highest BCUT2D eigenvalue weighted by molar-refractivity contribution is 7.47. The average molecular weight is 179 g/mol. The van der Waals surface area contributed by atoms with Crippen molar-refractivity contribution in [3.63, 3.8) is 0 Å². The van der Waals surface area contributed by atoms with Crippen LogP contribution in [0.3, 0.4) is 0 Å². The SMILES string of the molecule is C.O=P1(O)OCCCCO1.[B]. The Balaban J connectivity index is 0. The summed E-state index contributed by atoms with van der Waals surface area (Å²) >= 11 is 0. The molecule has 0 atom stereocenters. The third-order valence-corrected chi connectivity index (χ3v) is 2.07. The molecule has 1 heterocycles. The summed E-state index contributed by atoms with van der Waals surface area (Å²) in [6.45, 7) is 0.654. The number of hydrogen-bond donors (Lipinski definition) is 1. The van der Waals surface area contributed by atoms with Gasteiger partial charge in [-0.25, -0.2) is 4.57 Å². The van der Waals surface area contributed by atoms with Crippen molar-refractivity contribution in [1.82, 2.24) is 0 Å². The van der Waals surface area contributed by atoms with E-state index < -0.39 is 7.82 Å². The van der Waals surface area contributed by atoms with Gasteiger partial charge in [0.25, 0.3) is 0 Å². The zero-order valence-electron chi connectivity index (χ0n) is 5.52. The Morgan fingerprint density at radius 2 is 1.55 bits per heavy atom. The molecule has 1 aliphatic heterocycles. The maximum atomic E-state index is 10.6. The Labute approximate surface area is 69.1 Å². The normalized spacial score (nSPS) is 22.3. The molecule has 1 N–H and O–H groups in total. The summed E-state index contributed by atoms with van der Waals surface area (Å²) in [5.74, 6) is 0. The molecule has 1 saturated heterocycles. The molecule has 0 aromatic carbocycles. The summed E-state index contributed by atoms with van der Waals surface area (Å²) in [6.07, 6.45) is 1.59. The lowest BCUT2D eigenvalue weighted by atomic mass is 10.3. The lowest BCUT2D eigenvalue weighted by Gasteiger charge is -2.05. The summed E-state index contributed by atoms with van der Waals surface area (Å²) in [5.41, 5.74) is 0. The second-order valence-electron chi connectivity index (χ2n) is 1.84. The first kappa shape index (κ1) is 13.7. The smallest absolute Gasteiger partial charge is 0.302 e. The number of phosphoric acid groups is 1. The molecule has 6 heteroatoms. The molecule has 0 spiro atoms. The van der Waals surface area contributed by atoms with E-state index in [1.165, 1.54) is 0 Å². The van der Waals surface area contributed by atoms with E-state index in [-0.39, 0.29) is 15.8 Å². The summed E-state index contributed by atoms with van der Waals surface area (Å²) in [4.78, 5) is 8.67. The fraction of sp³-hybridized carbons (Fsp3) is 1.00. The first-order chi connectivity index (χ1) is 4.21. The third kappa shape index (κ3) is 5.45. The first-order valence-electron chi connectivity index (χ1n) is 2.83. The van der Waals surface area contributed by atoms with E-state index in [1.54, 1.807) is 0 Å². The van der Waals surface area contributed by atoms with Crippen LogP contribution in [-0.4, -0.2) is 26.5 Å². The quantitative estimate of drug-likeness (QED) is 0.447. The largest absolute Gasteiger partial charge is 0.472 e. The van der Waals surface area contributed by atoms with E-state index in [0.717, 1.165) is 12.8 Å². The predicted molar refractivity (Wildman–Crippen MR) is 43.4 cm³/mol. The molecule has 1 rings (SSSR count). The molecule has 0 aromatic heterocycles. The van der Waals surface area contributed by atoms with Crippen molar-refractivity contribution in [1.29, 1.82) is 0 Å². The molecule has 0 aromatic rings. The van der Waals surface area contributed by atoms with E-state index in [2.05, 4.69) is 9.05 Å². The molecule has 11 heavy (non-hydrogen) atoms. The van der Waals surface area contributed by atoms with Crippen LogP contribution in [0, 0.1) is 0 Å². The summed E-state index contributed by atoms with van der Waals surface area (Å²) < 4.78 is 19.5. The Morgan fingerprint density at radius 3 is 1.91 bits per heavy atom. The van der Waals surface area contributed by atoms with Gasteiger partial charge < -0.3 is 4.89 Å². The van der Waals surface area contributed by atoms with Gasteiger partial charge in [0.2, 0.25) is 0 Å². The molecule has 65 valence electrons. The summed E-state index contributed by atoms with van der Waals surface area (Å²) in [5, 5.41) is 0. The molecule has 4 nitrogen and oxygen atoms in total. The van der Waals surface area contributed by atoms with Crippen molar-refractivity contribution < 1.29 is 18.5 Å². The van der Waals surface area contributed by atoms with Crippen LogP contribution in [0.2, 0.25) is 0 Å². The molecule has 0 amide bonds. The zero-order chi connectivity index (χ0) is 6.74. The van der Waals surface area contributed by atoms with Gasteiger partial charge in [-0.1, -0.05) is 7.43 Å². The van der Waals surface area contributed by atoms with Crippen molar-refractivity contribution in [2.24, 2.45) is 0 Å². The van der Waals surface area contributed by atoms with E-state index in [4.69, 9.17) is 4.89 Å². The minimum atomic E-state index is -3.63. The van der Waals surface area contributed by atoms with Crippen LogP contribution in [0.1, 0.15) is 20.3 Å². The monoisotopic (exact) mass is 179 g/mol. The van der Waals surface area contributed by atoms with Crippen LogP contribution in [0.25, 0.3) is 0 Å². The molecular weight excluding hydrogens is 166 g/mol. The van der Waals surface area contributed by atoms with Crippen LogP contribution in [0.4, 0.5) is 0 Å². The molecule has 0 saturated carbocycles. The van der Waals surface area contributed by atoms with Gasteiger partial charge >= 0.3 is 7.82 Å². The first-order valence-corrected chi connectivity index (χ1v) is 4.32. The second kappa shape index (κ2) is 5.78. The van der Waals surface area contributed by atoms with Crippen molar-refractivity contribution >= 4 is 16.2 Å². The van der Waals surface area contributed by atoms with Gasteiger partial charge in [0.1, 0.15) is 0 Å². The number of rotatable bonds is 0. The van der Waals surface area contributed by atoms with Gasteiger partial charge in [-0.2, -0.15) is 0 Å². The average Bonchev–Trinajstić information content (AvgIpc) is 1.92. The fourth-order valence-corrected chi connectivity index (χ4v) is 1.40. The highest BCUT2D eigenvalue weighted by Crippen LogP contribution is 2.44. The van der Waals surface area contributed by atoms with Crippen LogP contribution in [-0.2, 0) is 13.6 Å². The molecule has 0 aliphatic carbocycles. The Hall–Kier alpha value is 0.175. The summed E-state index contributed by atoms with van der Waals surface area (Å²) in [7, 11) is -3.63. The van der Waals surface area contributed by atoms with Gasteiger partial charge in [-0.05, 0) is 12.8 Å². The standard InChI is InChI=1S/C4H9O4P.CH4.B/c5-9(6)7-3-1-2-4-8-9;;/h1-4H2,(H,5,6);1H4;. The van der Waals surface area contributed by atoms with Crippen LogP contribution >= 0.6 is 7.82 Å². The van der Waals surface area contributed by atoms with Crippen LogP contribution in [0.5, 0.6) is 0 Å². The number of phosphoric ester groups is 1. The Kier molecular flexibility index (Phi) is 7.22. The van der Waals surface area contributed by atoms with Gasteiger partial charge in [0.05, 0.1) is 13.2 Å². The topological polar surface area (TPSA) is 55.8 Å². The lowest BCUT2D eigenvalue weighted by molar-refractivity contribution is 0.176. The van der Waals surface area contributed by atoms with E-state index in [0.29, 0.717) is 13.2 Å². The Morgan fingerprint density at radius 1 is 1.18 bits per heavy atom. The van der Waals surface area contributed by atoms with Gasteiger partial charge in [0.15, 0.2) is 0 Å². The molecule has 1 aliphatic rings. The van der Waals surface area contributed by atoms with Gasteiger partial charge in [0, 0.05) is 8.41 Å². The second-order valence-corrected chi connectivity index (χ2v) is 3.30. The fourth-order valence-electron chi connectivity index (χ4n) is 0.601. The molecular formula is C5H13BO4P. The minimum absolute atomic E-state index is 0. The zero-order valence-corrected chi connectivity index (χ0v) is 6.42. The van der Waals surface area contributed by atoms with Crippen molar-refractivity contribution in [3.05, 3.63) is 0 Å². The van der Waals surface area contributed by atoms with Gasteiger partial charge in [-0.3, -0.25) is 9.05 Å². The maximum absolute atomic E-state index is 10.6. The maximum Gasteiger partial charge on any atom is 0.472 e. The predicted octanol–water partition coefficient (Wildman–Crippen LogP) is 1.17. The van der Waals surface area contributed by atoms with Crippen LogP contribution in [0.15, 0.2) is 0 Å². The molecule has 0 unspecified atom stereocenters. The highest BCUT2D eigenvalue weighted by Gasteiger charge is 2.22. The van der Waals surface area contributed by atoms with E-state index in [1.807, 2.05) is 0 Å². The van der Waals surface area contributed by atoms with Crippen molar-refractivity contribution in [3.8, 4) is 0 Å². The summed E-state index contributed by atoms with van der Waals surface area (Å²) in [6, 6.07) is 0.